The Morgan fingerprint density at radius 3 is 2.77 bits per heavy atom. The number of anilines is 1. The third-order valence-corrected chi connectivity index (χ3v) is 4.38. The van der Waals surface area contributed by atoms with Gasteiger partial charge in [0.25, 0.3) is 5.91 Å². The van der Waals surface area contributed by atoms with Crippen molar-refractivity contribution in [1.29, 1.82) is 0 Å². The topological polar surface area (TPSA) is 59.8 Å². The van der Waals surface area contributed by atoms with Crippen LogP contribution in [0.15, 0.2) is 34.9 Å². The summed E-state index contributed by atoms with van der Waals surface area (Å²) in [4.78, 5) is 17.0. The van der Waals surface area contributed by atoms with Crippen LogP contribution in [0, 0.1) is 13.8 Å². The third-order valence-electron chi connectivity index (χ3n) is 3.49. The van der Waals surface area contributed by atoms with Gasteiger partial charge < -0.3 is 5.32 Å². The van der Waals surface area contributed by atoms with Crippen LogP contribution < -0.4 is 5.32 Å². The minimum atomic E-state index is -0.162. The number of nitrogens with one attached hydrogen (secondary N) is 1. The Hall–Kier alpha value is -2.21. The highest BCUT2D eigenvalue weighted by Gasteiger charge is 2.15. The van der Waals surface area contributed by atoms with E-state index < -0.39 is 0 Å². The van der Waals surface area contributed by atoms with Gasteiger partial charge in [0.15, 0.2) is 5.65 Å². The molecule has 6 heteroatoms. The van der Waals surface area contributed by atoms with E-state index in [1.807, 2.05) is 39.1 Å². The average molecular weight is 359 g/mol. The van der Waals surface area contributed by atoms with Crippen LogP contribution in [0.25, 0.3) is 11.0 Å². The summed E-state index contributed by atoms with van der Waals surface area (Å²) in [5.74, 6) is -0.162. The van der Waals surface area contributed by atoms with E-state index in [4.69, 9.17) is 0 Å². The fraction of sp³-hybridized carbons (Fsp3) is 0.188. The van der Waals surface area contributed by atoms with Gasteiger partial charge in [0.1, 0.15) is 0 Å². The summed E-state index contributed by atoms with van der Waals surface area (Å²) >= 11 is 3.45. The van der Waals surface area contributed by atoms with E-state index in [9.17, 15) is 4.79 Å². The molecular formula is C16H15BrN4O. The Kier molecular flexibility index (Phi) is 3.70. The maximum atomic E-state index is 12.6. The van der Waals surface area contributed by atoms with Gasteiger partial charge in [0.05, 0.1) is 17.1 Å². The first kappa shape index (κ1) is 14.7. The number of halogens is 1. The molecule has 0 aliphatic rings. The van der Waals surface area contributed by atoms with Crippen LogP contribution in [0.1, 0.15) is 21.6 Å². The molecule has 112 valence electrons. The zero-order valence-corrected chi connectivity index (χ0v) is 14.1. The molecule has 0 bridgehead atoms. The lowest BCUT2D eigenvalue weighted by Crippen LogP contribution is -2.13. The van der Waals surface area contributed by atoms with E-state index in [0.29, 0.717) is 11.2 Å². The number of fused-ring (bicyclic) bond motifs is 1. The summed E-state index contributed by atoms with van der Waals surface area (Å²) in [5, 5.41) is 7.86. The number of aryl methyl sites for hydroxylation is 3. The molecule has 22 heavy (non-hydrogen) atoms. The average Bonchev–Trinajstić information content (AvgIpc) is 2.83. The first-order chi connectivity index (χ1) is 10.5. The van der Waals surface area contributed by atoms with E-state index in [0.717, 1.165) is 26.8 Å². The van der Waals surface area contributed by atoms with Gasteiger partial charge in [-0.1, -0.05) is 15.9 Å². The molecule has 0 aliphatic carbocycles. The van der Waals surface area contributed by atoms with Crippen LogP contribution in [0.3, 0.4) is 0 Å². The standard InChI is InChI=1S/C16H15BrN4O/c1-9-6-11(4-5-14(9)17)20-16(22)12-7-10(2)19-15-13(12)8-18-21(15)3/h4-8H,1-3H3,(H,20,22). The Balaban J connectivity index is 2.00. The van der Waals surface area contributed by atoms with Gasteiger partial charge in [0.2, 0.25) is 0 Å². The molecule has 1 aromatic carbocycles. The summed E-state index contributed by atoms with van der Waals surface area (Å²) in [6, 6.07) is 7.49. The van der Waals surface area contributed by atoms with Gasteiger partial charge in [-0.15, -0.1) is 0 Å². The quantitative estimate of drug-likeness (QED) is 0.761. The zero-order valence-electron chi connectivity index (χ0n) is 12.5. The molecule has 0 saturated carbocycles. The van der Waals surface area contributed by atoms with E-state index in [-0.39, 0.29) is 5.91 Å². The number of benzene rings is 1. The molecule has 2 heterocycles. The summed E-state index contributed by atoms with van der Waals surface area (Å²) in [6.45, 7) is 3.85. The van der Waals surface area contributed by atoms with Crippen molar-refractivity contribution >= 4 is 38.6 Å². The van der Waals surface area contributed by atoms with Crippen LogP contribution in [0.2, 0.25) is 0 Å². The Morgan fingerprint density at radius 1 is 1.27 bits per heavy atom. The molecule has 0 fully saturated rings. The van der Waals surface area contributed by atoms with Crippen LogP contribution >= 0.6 is 15.9 Å². The first-order valence-corrected chi connectivity index (χ1v) is 7.62. The lowest BCUT2D eigenvalue weighted by molar-refractivity contribution is 0.102. The van der Waals surface area contributed by atoms with Gasteiger partial charge in [-0.25, -0.2) is 4.98 Å². The van der Waals surface area contributed by atoms with Crippen molar-refractivity contribution < 1.29 is 4.79 Å². The van der Waals surface area contributed by atoms with Crippen molar-refractivity contribution in [3.63, 3.8) is 0 Å². The summed E-state index contributed by atoms with van der Waals surface area (Å²) in [6.07, 6.45) is 1.67. The molecule has 0 saturated heterocycles. The molecule has 3 rings (SSSR count). The summed E-state index contributed by atoms with van der Waals surface area (Å²) in [7, 11) is 1.81. The van der Waals surface area contributed by atoms with Crippen molar-refractivity contribution in [1.82, 2.24) is 14.8 Å². The van der Waals surface area contributed by atoms with Crippen LogP contribution in [0.4, 0.5) is 5.69 Å². The van der Waals surface area contributed by atoms with Crippen molar-refractivity contribution in [3.8, 4) is 0 Å². The molecule has 0 aliphatic heterocycles. The van der Waals surface area contributed by atoms with Crippen LogP contribution in [-0.4, -0.2) is 20.7 Å². The lowest BCUT2D eigenvalue weighted by Gasteiger charge is -2.08. The number of hydrogen-bond acceptors (Lipinski definition) is 3. The second-order valence-corrected chi connectivity index (χ2v) is 6.09. The minimum absolute atomic E-state index is 0.162. The van der Waals surface area contributed by atoms with Crippen molar-refractivity contribution in [2.24, 2.45) is 7.05 Å². The van der Waals surface area contributed by atoms with Crippen LogP contribution in [-0.2, 0) is 7.05 Å². The largest absolute Gasteiger partial charge is 0.322 e. The smallest absolute Gasteiger partial charge is 0.256 e. The third kappa shape index (κ3) is 2.62. The number of nitrogens with zero attached hydrogens (tertiary/aromatic N) is 3. The Labute approximate surface area is 136 Å². The maximum absolute atomic E-state index is 12.6. The van der Waals surface area contributed by atoms with Gasteiger partial charge >= 0.3 is 0 Å². The second-order valence-electron chi connectivity index (χ2n) is 5.23. The molecule has 2 aromatic heterocycles. The lowest BCUT2D eigenvalue weighted by atomic mass is 10.1. The number of pyridine rings is 1. The van der Waals surface area contributed by atoms with E-state index >= 15 is 0 Å². The van der Waals surface area contributed by atoms with Crippen molar-refractivity contribution in [2.75, 3.05) is 5.32 Å². The predicted octanol–water partition coefficient (Wildman–Crippen LogP) is 3.60. The monoisotopic (exact) mass is 358 g/mol. The number of aromatic nitrogens is 3. The van der Waals surface area contributed by atoms with Crippen molar-refractivity contribution in [3.05, 3.63) is 51.8 Å². The summed E-state index contributed by atoms with van der Waals surface area (Å²) in [5.41, 5.74) is 3.90. The Bertz CT molecular complexity index is 885. The normalized spacial score (nSPS) is 10.9. The van der Waals surface area contributed by atoms with Gasteiger partial charge in [-0.3, -0.25) is 9.48 Å². The number of hydrogen-bond donors (Lipinski definition) is 1. The number of carbonyl (C=O) groups is 1. The fourth-order valence-corrected chi connectivity index (χ4v) is 2.59. The molecule has 0 radical (unpaired) electrons. The predicted molar refractivity (Wildman–Crippen MR) is 90.1 cm³/mol. The SMILES string of the molecule is Cc1cc(C(=O)Nc2ccc(Br)c(C)c2)c2cnn(C)c2n1. The van der Waals surface area contributed by atoms with Crippen molar-refractivity contribution in [2.45, 2.75) is 13.8 Å². The molecule has 0 unspecified atom stereocenters. The fourth-order valence-electron chi connectivity index (χ4n) is 2.35. The Morgan fingerprint density at radius 2 is 2.05 bits per heavy atom. The van der Waals surface area contributed by atoms with Gasteiger partial charge in [-0.2, -0.15) is 5.10 Å². The van der Waals surface area contributed by atoms with E-state index in [1.54, 1.807) is 16.9 Å². The second kappa shape index (κ2) is 5.53. The summed E-state index contributed by atoms with van der Waals surface area (Å²) < 4.78 is 2.68. The van der Waals surface area contributed by atoms with Gasteiger partial charge in [0, 0.05) is 22.9 Å². The highest BCUT2D eigenvalue weighted by atomic mass is 79.9. The van der Waals surface area contributed by atoms with E-state index in [2.05, 4.69) is 31.3 Å². The first-order valence-electron chi connectivity index (χ1n) is 6.82. The maximum Gasteiger partial charge on any atom is 0.256 e. The molecule has 5 nitrogen and oxygen atoms in total. The molecule has 0 atom stereocenters. The molecule has 3 aromatic rings. The van der Waals surface area contributed by atoms with E-state index in [1.165, 1.54) is 0 Å². The molecule has 1 N–H and O–H groups in total. The highest BCUT2D eigenvalue weighted by molar-refractivity contribution is 9.10. The van der Waals surface area contributed by atoms with Gasteiger partial charge in [-0.05, 0) is 43.7 Å². The number of rotatable bonds is 2. The number of carbonyl (C=O) groups excluding carboxylic acids is 1. The molecular weight excluding hydrogens is 344 g/mol. The highest BCUT2D eigenvalue weighted by Crippen LogP contribution is 2.22. The minimum Gasteiger partial charge on any atom is -0.322 e. The molecule has 0 spiro atoms. The van der Waals surface area contributed by atoms with Crippen LogP contribution in [0.5, 0.6) is 0 Å². The zero-order chi connectivity index (χ0) is 15.9. The number of amides is 1. The molecule has 1 amide bonds.